The highest BCUT2D eigenvalue weighted by Gasteiger charge is 2.31. The number of aryl methyl sites for hydroxylation is 2. The van der Waals surface area contributed by atoms with E-state index in [1.54, 1.807) is 11.3 Å². The lowest BCUT2D eigenvalue weighted by Crippen LogP contribution is -2.24. The topological polar surface area (TPSA) is 33.2 Å². The molecule has 1 unspecified atom stereocenters. The summed E-state index contributed by atoms with van der Waals surface area (Å²) in [4.78, 5) is 19.9. The number of thiazole rings is 1. The number of anilines is 1. The Morgan fingerprint density at radius 1 is 1.38 bits per heavy atom. The van der Waals surface area contributed by atoms with E-state index >= 15 is 0 Å². The van der Waals surface area contributed by atoms with Crippen LogP contribution in [-0.4, -0.2) is 22.3 Å². The number of rotatable bonds is 1. The predicted octanol–water partition coefficient (Wildman–Crippen LogP) is 2.52. The highest BCUT2D eigenvalue weighted by Crippen LogP contribution is 2.34. The number of hydrogen-bond donors (Lipinski definition) is 0. The zero-order chi connectivity index (χ0) is 11.1. The second-order valence-electron chi connectivity index (χ2n) is 4.38. The summed E-state index contributed by atoms with van der Waals surface area (Å²) in [5.74, 6) is 0.202. The molecule has 1 atom stereocenters. The molecule has 0 radical (unpaired) electrons. The molecule has 2 aliphatic rings. The van der Waals surface area contributed by atoms with E-state index in [0.717, 1.165) is 24.5 Å². The van der Waals surface area contributed by atoms with E-state index in [-0.39, 0.29) is 5.91 Å². The van der Waals surface area contributed by atoms with Crippen molar-refractivity contribution < 1.29 is 4.79 Å². The molecular formula is C11H13BrN2OS. The van der Waals surface area contributed by atoms with Crippen molar-refractivity contribution in [1.29, 1.82) is 0 Å². The van der Waals surface area contributed by atoms with E-state index in [1.165, 1.54) is 23.4 Å². The number of hydrogen-bond acceptors (Lipinski definition) is 3. The Bertz CT molecular complexity index is 408. The largest absolute Gasteiger partial charge is 0.287 e. The van der Waals surface area contributed by atoms with Gasteiger partial charge in [-0.3, -0.25) is 9.69 Å². The maximum Gasteiger partial charge on any atom is 0.230 e. The van der Waals surface area contributed by atoms with Gasteiger partial charge >= 0.3 is 0 Å². The normalized spacial score (nSPS) is 24.9. The molecule has 0 bridgehead atoms. The SMILES string of the molecule is O=C1CC(Br)CN1c1nc2c(s1)CCCC2. The second-order valence-corrected chi connectivity index (χ2v) is 6.74. The third kappa shape index (κ3) is 1.80. The first-order chi connectivity index (χ1) is 7.74. The Balaban J connectivity index is 1.89. The standard InChI is InChI=1S/C11H13BrN2OS/c12-7-5-10(15)14(6-7)11-13-8-3-1-2-4-9(8)16-11/h7H,1-6H2. The van der Waals surface area contributed by atoms with E-state index in [2.05, 4.69) is 20.9 Å². The Morgan fingerprint density at radius 3 is 2.88 bits per heavy atom. The van der Waals surface area contributed by atoms with Gasteiger partial charge in [-0.05, 0) is 25.7 Å². The predicted molar refractivity (Wildman–Crippen MR) is 68.4 cm³/mol. The Labute approximate surface area is 107 Å². The number of alkyl halides is 1. The van der Waals surface area contributed by atoms with E-state index in [0.29, 0.717) is 11.2 Å². The molecule has 1 fully saturated rings. The highest BCUT2D eigenvalue weighted by molar-refractivity contribution is 9.09. The molecular weight excluding hydrogens is 288 g/mol. The average Bonchev–Trinajstić information content (AvgIpc) is 2.81. The molecule has 0 spiro atoms. The van der Waals surface area contributed by atoms with Crippen molar-refractivity contribution in [3.05, 3.63) is 10.6 Å². The van der Waals surface area contributed by atoms with Gasteiger partial charge in [0.15, 0.2) is 5.13 Å². The van der Waals surface area contributed by atoms with Gasteiger partial charge in [0.1, 0.15) is 0 Å². The van der Waals surface area contributed by atoms with Gasteiger partial charge in [-0.15, -0.1) is 11.3 Å². The summed E-state index contributed by atoms with van der Waals surface area (Å²) in [6.45, 7) is 0.769. The molecule has 86 valence electrons. The van der Waals surface area contributed by atoms with Gasteiger partial charge in [-0.25, -0.2) is 4.98 Å². The molecule has 1 aromatic rings. The van der Waals surface area contributed by atoms with Crippen LogP contribution in [0.2, 0.25) is 0 Å². The molecule has 3 nitrogen and oxygen atoms in total. The zero-order valence-corrected chi connectivity index (χ0v) is 11.3. The van der Waals surface area contributed by atoms with Crippen LogP contribution in [0.15, 0.2) is 0 Å². The van der Waals surface area contributed by atoms with Crippen molar-refractivity contribution in [1.82, 2.24) is 4.98 Å². The lowest BCUT2D eigenvalue weighted by Gasteiger charge is -2.10. The molecule has 0 N–H and O–H groups in total. The maximum atomic E-state index is 11.8. The molecule has 0 saturated carbocycles. The third-order valence-electron chi connectivity index (χ3n) is 3.14. The van der Waals surface area contributed by atoms with E-state index < -0.39 is 0 Å². The minimum absolute atomic E-state index is 0.202. The quantitative estimate of drug-likeness (QED) is 0.747. The number of nitrogens with zero attached hydrogens (tertiary/aromatic N) is 2. The molecule has 0 aromatic carbocycles. The third-order valence-corrected chi connectivity index (χ3v) is 4.94. The van der Waals surface area contributed by atoms with Gasteiger partial charge in [0.25, 0.3) is 0 Å². The van der Waals surface area contributed by atoms with Gasteiger partial charge in [-0.2, -0.15) is 0 Å². The molecule has 2 heterocycles. The molecule has 1 aliphatic carbocycles. The van der Waals surface area contributed by atoms with E-state index in [9.17, 15) is 4.79 Å². The van der Waals surface area contributed by atoms with E-state index in [1.807, 2.05) is 4.90 Å². The number of halogens is 1. The molecule has 1 aromatic heterocycles. The fourth-order valence-electron chi connectivity index (χ4n) is 2.30. The number of carbonyl (C=O) groups is 1. The molecule has 1 amide bonds. The lowest BCUT2D eigenvalue weighted by molar-refractivity contribution is -0.117. The minimum Gasteiger partial charge on any atom is -0.287 e. The van der Waals surface area contributed by atoms with Crippen LogP contribution in [0.25, 0.3) is 0 Å². The van der Waals surface area contributed by atoms with Crippen molar-refractivity contribution in [3.8, 4) is 0 Å². The van der Waals surface area contributed by atoms with E-state index in [4.69, 9.17) is 0 Å². The van der Waals surface area contributed by atoms with Gasteiger partial charge < -0.3 is 0 Å². The summed E-state index contributed by atoms with van der Waals surface area (Å²) < 4.78 is 0. The van der Waals surface area contributed by atoms with Crippen LogP contribution < -0.4 is 4.90 Å². The Kier molecular flexibility index (Phi) is 2.75. The fraction of sp³-hybridized carbons (Fsp3) is 0.636. The van der Waals surface area contributed by atoms with Crippen molar-refractivity contribution in [3.63, 3.8) is 0 Å². The summed E-state index contributed by atoms with van der Waals surface area (Å²) in [6, 6.07) is 0. The van der Waals surface area contributed by atoms with Gasteiger partial charge in [-0.1, -0.05) is 15.9 Å². The van der Waals surface area contributed by atoms with Crippen LogP contribution >= 0.6 is 27.3 Å². The summed E-state index contributed by atoms with van der Waals surface area (Å²) in [5.41, 5.74) is 1.23. The molecule has 16 heavy (non-hydrogen) atoms. The van der Waals surface area contributed by atoms with Gasteiger partial charge in [0.05, 0.1) is 5.69 Å². The number of carbonyl (C=O) groups excluding carboxylic acids is 1. The van der Waals surface area contributed by atoms with Crippen LogP contribution in [0.4, 0.5) is 5.13 Å². The average molecular weight is 301 g/mol. The fourth-order valence-corrected chi connectivity index (χ4v) is 4.04. The highest BCUT2D eigenvalue weighted by atomic mass is 79.9. The lowest BCUT2D eigenvalue weighted by atomic mass is 10.0. The van der Waals surface area contributed by atoms with Crippen LogP contribution in [-0.2, 0) is 17.6 Å². The van der Waals surface area contributed by atoms with Crippen LogP contribution in [0.1, 0.15) is 29.8 Å². The summed E-state index contributed by atoms with van der Waals surface area (Å²) in [7, 11) is 0. The monoisotopic (exact) mass is 300 g/mol. The summed E-state index contributed by atoms with van der Waals surface area (Å²) >= 11 is 5.21. The number of aromatic nitrogens is 1. The Morgan fingerprint density at radius 2 is 2.19 bits per heavy atom. The molecule has 1 saturated heterocycles. The molecule has 3 rings (SSSR count). The van der Waals surface area contributed by atoms with Crippen molar-refractivity contribution >= 4 is 38.3 Å². The summed E-state index contributed by atoms with van der Waals surface area (Å²) in [6.07, 6.45) is 5.34. The van der Waals surface area contributed by atoms with Crippen molar-refractivity contribution in [2.24, 2.45) is 0 Å². The first kappa shape index (κ1) is 10.7. The second kappa shape index (κ2) is 4.11. The van der Waals surface area contributed by atoms with Gasteiger partial charge in [0.2, 0.25) is 5.91 Å². The maximum absolute atomic E-state index is 11.8. The van der Waals surface area contributed by atoms with Crippen molar-refractivity contribution in [2.45, 2.75) is 36.9 Å². The molecule has 1 aliphatic heterocycles. The number of fused-ring (bicyclic) bond motifs is 1. The Hall–Kier alpha value is -0.420. The summed E-state index contributed by atoms with van der Waals surface area (Å²) in [5, 5.41) is 0.916. The number of amides is 1. The van der Waals surface area contributed by atoms with Crippen LogP contribution in [0.5, 0.6) is 0 Å². The van der Waals surface area contributed by atoms with Crippen molar-refractivity contribution in [2.75, 3.05) is 11.4 Å². The first-order valence-electron chi connectivity index (χ1n) is 5.67. The van der Waals surface area contributed by atoms with Gasteiger partial charge in [0, 0.05) is 22.7 Å². The minimum atomic E-state index is 0.202. The first-order valence-corrected chi connectivity index (χ1v) is 7.40. The van der Waals surface area contributed by atoms with Crippen LogP contribution in [0.3, 0.4) is 0 Å². The smallest absolute Gasteiger partial charge is 0.230 e. The van der Waals surface area contributed by atoms with Crippen LogP contribution in [0, 0.1) is 0 Å². The zero-order valence-electron chi connectivity index (χ0n) is 8.91. The molecule has 5 heteroatoms.